The molecule has 0 aliphatic heterocycles. The lowest BCUT2D eigenvalue weighted by atomic mass is 11.5. The van der Waals surface area contributed by atoms with Crippen molar-refractivity contribution in [1.82, 2.24) is 5.48 Å². The van der Waals surface area contributed by atoms with Crippen LogP contribution in [0.2, 0.25) is 0 Å². The largest absolute Gasteiger partial charge is 0.285 e. The zero-order valence-electron chi connectivity index (χ0n) is 4.12. The molecule has 0 fully saturated rings. The number of hydrogen-bond acceptors (Lipinski definition) is 4. The Kier molecular flexibility index (Phi) is 2.43. The normalized spacial score (nSPS) is 10.6. The van der Waals surface area contributed by atoms with Crippen LogP contribution in [0.15, 0.2) is 0 Å². The predicted octanol–water partition coefficient (Wildman–Crippen LogP) is -1.38. The van der Waals surface area contributed by atoms with Crippen molar-refractivity contribution >= 4 is 16.5 Å². The third-order valence-corrected chi connectivity index (χ3v) is 0.647. The SMILES string of the molecule is CS(=O)(=O)ONC=O. The van der Waals surface area contributed by atoms with E-state index in [4.69, 9.17) is 0 Å². The Hall–Kier alpha value is -0.620. The van der Waals surface area contributed by atoms with Gasteiger partial charge in [-0.05, 0) is 0 Å². The minimum Gasteiger partial charge on any atom is -0.277 e. The van der Waals surface area contributed by atoms with Crippen molar-refractivity contribution in [2.45, 2.75) is 0 Å². The van der Waals surface area contributed by atoms with E-state index in [1.165, 1.54) is 5.48 Å². The number of nitrogens with one attached hydrogen (secondary N) is 1. The van der Waals surface area contributed by atoms with E-state index in [1.54, 1.807) is 0 Å². The van der Waals surface area contributed by atoms with E-state index in [1.807, 2.05) is 0 Å². The molecule has 0 aliphatic carbocycles. The molecule has 0 saturated heterocycles. The van der Waals surface area contributed by atoms with E-state index in [0.29, 0.717) is 0 Å². The van der Waals surface area contributed by atoms with E-state index in [2.05, 4.69) is 4.28 Å². The van der Waals surface area contributed by atoms with Crippen molar-refractivity contribution in [3.63, 3.8) is 0 Å². The standard InChI is InChI=1S/C2H5NO4S/c1-8(5,6)7-3-2-4/h2H,1H3,(H,3,4). The van der Waals surface area contributed by atoms with Gasteiger partial charge in [0.15, 0.2) is 0 Å². The summed E-state index contributed by atoms with van der Waals surface area (Å²) in [5.74, 6) is 0. The van der Waals surface area contributed by atoms with Crippen LogP contribution >= 0.6 is 0 Å². The van der Waals surface area contributed by atoms with E-state index >= 15 is 0 Å². The van der Waals surface area contributed by atoms with E-state index in [9.17, 15) is 13.2 Å². The summed E-state index contributed by atoms with van der Waals surface area (Å²) in [6.07, 6.45) is 0.949. The highest BCUT2D eigenvalue weighted by molar-refractivity contribution is 7.85. The minimum atomic E-state index is -3.53. The van der Waals surface area contributed by atoms with Crippen molar-refractivity contribution in [1.29, 1.82) is 0 Å². The topological polar surface area (TPSA) is 72.5 Å². The first-order valence-electron chi connectivity index (χ1n) is 1.64. The van der Waals surface area contributed by atoms with Crippen LogP contribution in [0.4, 0.5) is 0 Å². The molecule has 0 spiro atoms. The molecular formula is C2H5NO4S. The van der Waals surface area contributed by atoms with Gasteiger partial charge in [-0.25, -0.2) is 5.48 Å². The van der Waals surface area contributed by atoms with Crippen molar-refractivity contribution in [3.8, 4) is 0 Å². The summed E-state index contributed by atoms with van der Waals surface area (Å²) in [5, 5.41) is 0. The van der Waals surface area contributed by atoms with Crippen LogP contribution in [0.25, 0.3) is 0 Å². The number of carbonyl (C=O) groups is 1. The molecule has 0 bridgehead atoms. The van der Waals surface area contributed by atoms with Crippen LogP contribution < -0.4 is 5.48 Å². The lowest BCUT2D eigenvalue weighted by Gasteiger charge is -1.91. The third kappa shape index (κ3) is 5.38. The summed E-state index contributed by atoms with van der Waals surface area (Å²) in [7, 11) is -3.53. The van der Waals surface area contributed by atoms with Gasteiger partial charge in [0, 0.05) is 0 Å². The van der Waals surface area contributed by atoms with E-state index in [-0.39, 0.29) is 6.41 Å². The number of hydrogen-bond donors (Lipinski definition) is 1. The van der Waals surface area contributed by atoms with Crippen LogP contribution in [-0.4, -0.2) is 21.1 Å². The molecule has 0 aromatic rings. The number of hydroxylamine groups is 1. The zero-order chi connectivity index (χ0) is 6.62. The highest BCUT2D eigenvalue weighted by Crippen LogP contribution is 1.76. The third-order valence-electron chi connectivity index (χ3n) is 0.248. The second-order valence-corrected chi connectivity index (χ2v) is 2.60. The van der Waals surface area contributed by atoms with Gasteiger partial charge in [0.05, 0.1) is 6.26 Å². The first-order chi connectivity index (χ1) is 3.56. The Morgan fingerprint density at radius 3 is 2.25 bits per heavy atom. The molecule has 0 aromatic heterocycles. The fourth-order valence-electron chi connectivity index (χ4n) is 0.107. The van der Waals surface area contributed by atoms with Crippen LogP contribution in [0, 0.1) is 0 Å². The van der Waals surface area contributed by atoms with Crippen molar-refractivity contribution in [2.24, 2.45) is 0 Å². The minimum absolute atomic E-state index is 0.126. The summed E-state index contributed by atoms with van der Waals surface area (Å²) in [6, 6.07) is 0. The van der Waals surface area contributed by atoms with E-state index < -0.39 is 10.1 Å². The summed E-state index contributed by atoms with van der Waals surface area (Å²) < 4.78 is 23.6. The fourth-order valence-corrected chi connectivity index (χ4v) is 0.321. The Morgan fingerprint density at radius 1 is 1.62 bits per heavy atom. The molecule has 0 rings (SSSR count). The van der Waals surface area contributed by atoms with Gasteiger partial charge in [-0.1, -0.05) is 0 Å². The van der Waals surface area contributed by atoms with E-state index in [0.717, 1.165) is 6.26 Å². The lowest BCUT2D eigenvalue weighted by molar-refractivity contribution is -0.115. The molecular weight excluding hydrogens is 134 g/mol. The van der Waals surface area contributed by atoms with Crippen molar-refractivity contribution in [3.05, 3.63) is 0 Å². The molecule has 0 radical (unpaired) electrons. The van der Waals surface area contributed by atoms with Gasteiger partial charge in [0.1, 0.15) is 0 Å². The van der Waals surface area contributed by atoms with Gasteiger partial charge in [0.25, 0.3) is 10.1 Å². The number of rotatable bonds is 3. The maximum Gasteiger partial charge on any atom is 0.285 e. The summed E-state index contributed by atoms with van der Waals surface area (Å²) in [6.45, 7) is 0. The molecule has 0 unspecified atom stereocenters. The molecule has 0 aliphatic rings. The summed E-state index contributed by atoms with van der Waals surface area (Å²) in [4.78, 5) is 9.35. The van der Waals surface area contributed by atoms with Crippen molar-refractivity contribution < 1.29 is 17.5 Å². The molecule has 0 aromatic carbocycles. The molecule has 6 heteroatoms. The van der Waals surface area contributed by atoms with Gasteiger partial charge in [-0.15, -0.1) is 4.28 Å². The molecule has 48 valence electrons. The average Bonchev–Trinajstić information content (AvgIpc) is 1.59. The molecule has 5 nitrogen and oxygen atoms in total. The van der Waals surface area contributed by atoms with Gasteiger partial charge in [0.2, 0.25) is 6.41 Å². The first kappa shape index (κ1) is 7.38. The van der Waals surface area contributed by atoms with Crippen LogP contribution in [0.1, 0.15) is 0 Å². The number of amides is 1. The summed E-state index contributed by atoms with van der Waals surface area (Å²) >= 11 is 0. The van der Waals surface area contributed by atoms with Gasteiger partial charge in [-0.2, -0.15) is 8.42 Å². The van der Waals surface area contributed by atoms with Crippen LogP contribution in [0.3, 0.4) is 0 Å². The second kappa shape index (κ2) is 2.63. The number of carbonyl (C=O) groups excluding carboxylic acids is 1. The average molecular weight is 139 g/mol. The quantitative estimate of drug-likeness (QED) is 0.386. The Bertz CT molecular complexity index is 159. The molecule has 1 N–H and O–H groups in total. The van der Waals surface area contributed by atoms with Gasteiger partial charge < -0.3 is 0 Å². The Labute approximate surface area is 46.7 Å². The molecule has 0 heterocycles. The molecule has 0 atom stereocenters. The van der Waals surface area contributed by atoms with Crippen molar-refractivity contribution in [2.75, 3.05) is 6.26 Å². The Balaban J connectivity index is 3.57. The van der Waals surface area contributed by atoms with Gasteiger partial charge >= 0.3 is 0 Å². The lowest BCUT2D eigenvalue weighted by Crippen LogP contribution is -2.16. The smallest absolute Gasteiger partial charge is 0.277 e. The molecule has 1 amide bonds. The highest BCUT2D eigenvalue weighted by Gasteiger charge is 1.97. The summed E-state index contributed by atoms with van der Waals surface area (Å²) in [5.41, 5.74) is 1.52. The maximum absolute atomic E-state index is 9.95. The highest BCUT2D eigenvalue weighted by atomic mass is 32.2. The van der Waals surface area contributed by atoms with Crippen LogP contribution in [-0.2, 0) is 19.2 Å². The van der Waals surface area contributed by atoms with Crippen LogP contribution in [0.5, 0.6) is 0 Å². The molecule has 8 heavy (non-hydrogen) atoms. The predicted molar refractivity (Wildman–Crippen MR) is 25.1 cm³/mol. The first-order valence-corrected chi connectivity index (χ1v) is 3.45. The fraction of sp³-hybridized carbons (Fsp3) is 0.500. The monoisotopic (exact) mass is 139 g/mol. The Morgan fingerprint density at radius 2 is 2.12 bits per heavy atom. The second-order valence-electron chi connectivity index (χ2n) is 1.02. The maximum atomic E-state index is 9.95. The molecule has 0 saturated carbocycles. The zero-order valence-corrected chi connectivity index (χ0v) is 4.94. The van der Waals surface area contributed by atoms with Gasteiger partial charge in [-0.3, -0.25) is 4.79 Å².